The molecule has 3 aliphatic rings. The molecule has 2 amide bonds. The van der Waals surface area contributed by atoms with Gasteiger partial charge in [-0.15, -0.1) is 0 Å². The Morgan fingerprint density at radius 1 is 1.24 bits per heavy atom. The molecule has 2 fully saturated rings. The van der Waals surface area contributed by atoms with Crippen molar-refractivity contribution in [2.75, 3.05) is 46.6 Å². The lowest BCUT2D eigenvalue weighted by Crippen LogP contribution is -2.36. The van der Waals surface area contributed by atoms with Gasteiger partial charge >= 0.3 is 0 Å². The molecule has 7 heteroatoms. The fourth-order valence-corrected chi connectivity index (χ4v) is 4.17. The smallest absolute Gasteiger partial charge is 0.267 e. The lowest BCUT2D eigenvalue weighted by molar-refractivity contribution is -0.134. The van der Waals surface area contributed by atoms with Gasteiger partial charge in [0.15, 0.2) is 0 Å². The molecule has 25 heavy (non-hydrogen) atoms. The van der Waals surface area contributed by atoms with E-state index in [0.29, 0.717) is 43.8 Å². The molecule has 0 bridgehead atoms. The molecule has 3 atom stereocenters. The van der Waals surface area contributed by atoms with Crippen LogP contribution in [0.15, 0.2) is 12.1 Å². The van der Waals surface area contributed by atoms with Crippen molar-refractivity contribution in [2.24, 2.45) is 17.8 Å². The number of methoxy groups -OCH3 is 1. The highest BCUT2D eigenvalue weighted by Crippen LogP contribution is 2.51. The van der Waals surface area contributed by atoms with Crippen LogP contribution in [-0.2, 0) is 27.2 Å². The van der Waals surface area contributed by atoms with E-state index < -0.39 is 0 Å². The Labute approximate surface area is 147 Å². The number of aromatic nitrogens is 1. The van der Waals surface area contributed by atoms with Crippen molar-refractivity contribution < 1.29 is 19.1 Å². The monoisotopic (exact) mass is 347 g/mol. The highest BCUT2D eigenvalue weighted by atomic mass is 16.5. The molecule has 0 spiro atoms. The van der Waals surface area contributed by atoms with Crippen LogP contribution >= 0.6 is 0 Å². The van der Waals surface area contributed by atoms with Crippen molar-refractivity contribution >= 4 is 11.8 Å². The minimum Gasteiger partial charge on any atom is -0.383 e. The van der Waals surface area contributed by atoms with E-state index >= 15 is 0 Å². The number of hydrogen-bond acceptors (Lipinski definition) is 4. The van der Waals surface area contributed by atoms with E-state index in [9.17, 15) is 9.59 Å². The molecule has 4 rings (SSSR count). The third kappa shape index (κ3) is 3.06. The third-order valence-electron chi connectivity index (χ3n) is 5.68. The van der Waals surface area contributed by atoms with Crippen molar-refractivity contribution in [3.63, 3.8) is 0 Å². The summed E-state index contributed by atoms with van der Waals surface area (Å²) in [4.78, 5) is 27.1. The molecule has 1 saturated carbocycles. The molecule has 1 saturated heterocycles. The quantitative estimate of drug-likeness (QED) is 0.769. The van der Waals surface area contributed by atoms with Crippen LogP contribution in [0.25, 0.3) is 0 Å². The summed E-state index contributed by atoms with van der Waals surface area (Å²) >= 11 is 0. The molecule has 1 aromatic heterocycles. The second-order valence-electron chi connectivity index (χ2n) is 7.08. The summed E-state index contributed by atoms with van der Waals surface area (Å²) < 4.78 is 12.4. The maximum absolute atomic E-state index is 12.8. The second-order valence-corrected chi connectivity index (χ2v) is 7.08. The van der Waals surface area contributed by atoms with Gasteiger partial charge in [0, 0.05) is 51.3 Å². The Kier molecular flexibility index (Phi) is 4.52. The molecule has 1 aliphatic carbocycles. The van der Waals surface area contributed by atoms with E-state index in [1.807, 2.05) is 21.6 Å². The van der Waals surface area contributed by atoms with Crippen LogP contribution in [0.1, 0.15) is 16.2 Å². The number of nitrogens with zero attached hydrogens (tertiary/aromatic N) is 2. The maximum Gasteiger partial charge on any atom is 0.267 e. The largest absolute Gasteiger partial charge is 0.383 e. The van der Waals surface area contributed by atoms with Crippen LogP contribution in [-0.4, -0.2) is 67.8 Å². The molecule has 0 aromatic carbocycles. The van der Waals surface area contributed by atoms with Crippen LogP contribution < -0.4 is 5.32 Å². The van der Waals surface area contributed by atoms with E-state index in [1.165, 1.54) is 0 Å². The molecule has 136 valence electrons. The topological polar surface area (TPSA) is 72.8 Å². The van der Waals surface area contributed by atoms with Gasteiger partial charge in [-0.1, -0.05) is 0 Å². The van der Waals surface area contributed by atoms with Crippen molar-refractivity contribution in [2.45, 2.75) is 13.0 Å². The fraction of sp³-hybridized carbons (Fsp3) is 0.667. The van der Waals surface area contributed by atoms with Gasteiger partial charge in [-0.3, -0.25) is 9.59 Å². The molecule has 7 nitrogen and oxygen atoms in total. The average Bonchev–Trinajstić information content (AvgIpc) is 2.94. The van der Waals surface area contributed by atoms with Crippen LogP contribution in [0.4, 0.5) is 0 Å². The van der Waals surface area contributed by atoms with Crippen molar-refractivity contribution in [3.8, 4) is 0 Å². The average molecular weight is 347 g/mol. The zero-order chi connectivity index (χ0) is 17.4. The first-order valence-corrected chi connectivity index (χ1v) is 9.02. The zero-order valence-corrected chi connectivity index (χ0v) is 14.6. The molecule has 1 aromatic rings. The first-order valence-electron chi connectivity index (χ1n) is 9.02. The lowest BCUT2D eigenvalue weighted by Gasteiger charge is -2.21. The van der Waals surface area contributed by atoms with Gasteiger partial charge in [0.25, 0.3) is 5.91 Å². The number of carbonyl (C=O) groups is 2. The molecule has 0 radical (unpaired) electrons. The van der Waals surface area contributed by atoms with Gasteiger partial charge in [-0.2, -0.15) is 0 Å². The Balaban J connectivity index is 1.39. The standard InChI is InChI=1S/C18H25N3O4/c1-24-9-5-19-17(22)15-3-2-12-4-6-20(7-8-21(12)15)18(23)16-13-10-25-11-14(13)16/h2-3,13-14,16H,4-11H2,1H3,(H,19,22)/t13-,14+,16?. The second kappa shape index (κ2) is 6.80. The normalized spacial score (nSPS) is 27.4. The van der Waals surface area contributed by atoms with E-state index in [0.717, 1.165) is 31.9 Å². The summed E-state index contributed by atoms with van der Waals surface area (Å²) in [6, 6.07) is 3.87. The Morgan fingerprint density at radius 3 is 2.80 bits per heavy atom. The first kappa shape index (κ1) is 16.6. The van der Waals surface area contributed by atoms with Crippen molar-refractivity contribution in [1.29, 1.82) is 0 Å². The summed E-state index contributed by atoms with van der Waals surface area (Å²) in [6.45, 7) is 4.52. The maximum atomic E-state index is 12.8. The number of nitrogens with one attached hydrogen (secondary N) is 1. The van der Waals surface area contributed by atoms with Gasteiger partial charge in [0.2, 0.25) is 5.91 Å². The van der Waals surface area contributed by atoms with Crippen LogP contribution in [0, 0.1) is 17.8 Å². The number of hydrogen-bond donors (Lipinski definition) is 1. The summed E-state index contributed by atoms with van der Waals surface area (Å²) in [5.41, 5.74) is 1.78. The minimum atomic E-state index is -0.0862. The van der Waals surface area contributed by atoms with E-state index in [4.69, 9.17) is 9.47 Å². The summed E-state index contributed by atoms with van der Waals surface area (Å²) in [6.07, 6.45) is 0.787. The van der Waals surface area contributed by atoms with E-state index in [-0.39, 0.29) is 17.7 Å². The fourth-order valence-electron chi connectivity index (χ4n) is 4.17. The number of rotatable bonds is 5. The Morgan fingerprint density at radius 2 is 2.04 bits per heavy atom. The number of fused-ring (bicyclic) bond motifs is 2. The Hall–Kier alpha value is -1.86. The predicted octanol–water partition coefficient (Wildman–Crippen LogP) is 0.141. The number of carbonyl (C=O) groups excluding carboxylic acids is 2. The van der Waals surface area contributed by atoms with Gasteiger partial charge < -0.3 is 24.3 Å². The summed E-state index contributed by atoms with van der Waals surface area (Å²) in [5, 5.41) is 2.87. The molecular formula is C18H25N3O4. The van der Waals surface area contributed by atoms with Crippen LogP contribution in [0.5, 0.6) is 0 Å². The third-order valence-corrected chi connectivity index (χ3v) is 5.68. The highest BCUT2D eigenvalue weighted by molar-refractivity contribution is 5.93. The molecule has 3 heterocycles. The minimum absolute atomic E-state index is 0.0862. The van der Waals surface area contributed by atoms with Gasteiger partial charge in [-0.25, -0.2) is 0 Å². The van der Waals surface area contributed by atoms with Gasteiger partial charge in [0.05, 0.1) is 19.8 Å². The summed E-state index contributed by atoms with van der Waals surface area (Å²) in [5.74, 6) is 1.24. The predicted molar refractivity (Wildman–Crippen MR) is 90.2 cm³/mol. The van der Waals surface area contributed by atoms with Gasteiger partial charge in [0.1, 0.15) is 5.69 Å². The molecule has 2 aliphatic heterocycles. The molecule has 1 unspecified atom stereocenters. The lowest BCUT2D eigenvalue weighted by atomic mass is 10.2. The zero-order valence-electron chi connectivity index (χ0n) is 14.6. The summed E-state index contributed by atoms with van der Waals surface area (Å²) in [7, 11) is 1.61. The van der Waals surface area contributed by atoms with Crippen LogP contribution in [0.2, 0.25) is 0 Å². The Bertz CT molecular complexity index is 661. The van der Waals surface area contributed by atoms with Crippen molar-refractivity contribution in [1.82, 2.24) is 14.8 Å². The van der Waals surface area contributed by atoms with E-state index in [2.05, 4.69) is 5.32 Å². The van der Waals surface area contributed by atoms with Crippen LogP contribution in [0.3, 0.4) is 0 Å². The van der Waals surface area contributed by atoms with Crippen molar-refractivity contribution in [3.05, 3.63) is 23.5 Å². The first-order chi connectivity index (χ1) is 12.2. The molecular weight excluding hydrogens is 322 g/mol. The van der Waals surface area contributed by atoms with Gasteiger partial charge in [-0.05, 0) is 24.0 Å². The van der Waals surface area contributed by atoms with E-state index in [1.54, 1.807) is 7.11 Å². The highest BCUT2D eigenvalue weighted by Gasteiger charge is 2.58. The SMILES string of the molecule is COCCNC(=O)c1ccc2n1CCN(C(=O)C1[C@H]3COC[C@@H]13)CC2. The number of amides is 2. The number of ether oxygens (including phenoxy) is 2. The molecule has 1 N–H and O–H groups in total.